The minimum Gasteiger partial charge on any atom is -0.356 e. The highest BCUT2D eigenvalue weighted by Crippen LogP contribution is 2.15. The first-order valence-electron chi connectivity index (χ1n) is 10.1. The van der Waals surface area contributed by atoms with E-state index in [0.29, 0.717) is 25.7 Å². The van der Waals surface area contributed by atoms with Crippen molar-refractivity contribution in [1.29, 1.82) is 0 Å². The number of nitrogens with one attached hydrogen (secondary N) is 3. The molecule has 1 aromatic rings. The predicted octanol–water partition coefficient (Wildman–Crippen LogP) is 1.58. The first-order valence-corrected chi connectivity index (χ1v) is 10.1. The van der Waals surface area contributed by atoms with Crippen LogP contribution in [0, 0.1) is 5.92 Å². The molecule has 1 aromatic carbocycles. The maximum absolute atomic E-state index is 12.7. The van der Waals surface area contributed by atoms with Crippen LogP contribution in [0.2, 0.25) is 0 Å². The Labute approximate surface area is 171 Å². The Morgan fingerprint density at radius 1 is 1.24 bits per heavy atom. The summed E-state index contributed by atoms with van der Waals surface area (Å²) in [6, 6.07) is 7.90. The van der Waals surface area contributed by atoms with Crippen molar-refractivity contribution in [2.24, 2.45) is 5.92 Å². The minimum atomic E-state index is -0.753. The van der Waals surface area contributed by atoms with Crippen LogP contribution in [0.15, 0.2) is 36.4 Å². The van der Waals surface area contributed by atoms with Crippen LogP contribution < -0.4 is 16.0 Å². The number of benzene rings is 1. The Kier molecular flexibility index (Phi) is 9.08. The number of hydrogen-bond acceptors (Lipinski definition) is 4. The smallest absolute Gasteiger partial charge is 0.244 e. The van der Waals surface area contributed by atoms with Crippen LogP contribution in [0.25, 0.3) is 6.08 Å². The first-order chi connectivity index (χ1) is 14.0. The number of amides is 3. The fraction of sp³-hybridized carbons (Fsp3) is 0.455. The Bertz CT molecular complexity index is 733. The molecule has 1 saturated heterocycles. The van der Waals surface area contributed by atoms with Gasteiger partial charge in [-0.05, 0) is 30.9 Å². The van der Waals surface area contributed by atoms with Crippen molar-refractivity contribution in [1.82, 2.24) is 16.0 Å². The van der Waals surface area contributed by atoms with Crippen LogP contribution in [0.5, 0.6) is 0 Å². The zero-order chi connectivity index (χ0) is 21.1. The molecule has 1 fully saturated rings. The van der Waals surface area contributed by atoms with E-state index in [4.69, 9.17) is 0 Å². The Balaban J connectivity index is 1.94. The maximum atomic E-state index is 12.7. The van der Waals surface area contributed by atoms with Crippen LogP contribution >= 0.6 is 0 Å². The second kappa shape index (κ2) is 11.8. The summed E-state index contributed by atoms with van der Waals surface area (Å²) in [6.07, 6.45) is 6.75. The summed E-state index contributed by atoms with van der Waals surface area (Å²) >= 11 is 0. The lowest BCUT2D eigenvalue weighted by Gasteiger charge is -2.21. The predicted molar refractivity (Wildman–Crippen MR) is 111 cm³/mol. The monoisotopic (exact) mass is 399 g/mol. The third kappa shape index (κ3) is 7.52. The molecule has 3 N–H and O–H groups in total. The molecule has 0 aliphatic carbocycles. The molecule has 3 atom stereocenters. The minimum absolute atomic E-state index is 0.0898. The van der Waals surface area contributed by atoms with Crippen LogP contribution in [0.4, 0.5) is 0 Å². The molecule has 3 amide bonds. The van der Waals surface area contributed by atoms with E-state index < -0.39 is 18.0 Å². The molecule has 0 radical (unpaired) electrons. The molecule has 0 bridgehead atoms. The fourth-order valence-electron chi connectivity index (χ4n) is 3.24. The van der Waals surface area contributed by atoms with Gasteiger partial charge in [0.25, 0.3) is 0 Å². The number of carbonyl (C=O) groups excluding carboxylic acids is 4. The Hall–Kier alpha value is -2.96. The molecule has 0 unspecified atom stereocenters. The van der Waals surface area contributed by atoms with E-state index in [-0.39, 0.29) is 24.2 Å². The van der Waals surface area contributed by atoms with Crippen LogP contribution in [-0.4, -0.2) is 42.6 Å². The van der Waals surface area contributed by atoms with Gasteiger partial charge < -0.3 is 20.7 Å². The average Bonchev–Trinajstić information content (AvgIpc) is 3.14. The third-order valence-electron chi connectivity index (χ3n) is 4.90. The van der Waals surface area contributed by atoms with E-state index in [9.17, 15) is 19.2 Å². The quantitative estimate of drug-likeness (QED) is 0.388. The molecule has 1 aliphatic rings. The van der Waals surface area contributed by atoms with E-state index in [1.165, 1.54) is 6.08 Å². The summed E-state index contributed by atoms with van der Waals surface area (Å²) < 4.78 is 0. The largest absolute Gasteiger partial charge is 0.356 e. The highest BCUT2D eigenvalue weighted by Gasteiger charge is 2.29. The topological polar surface area (TPSA) is 104 Å². The third-order valence-corrected chi connectivity index (χ3v) is 4.90. The SMILES string of the molecule is CCCC[C@H](NC(=O)/C=C/c1ccccc1)C(=O)N[C@H](C=O)C[C@@H]1CCNC1=O. The van der Waals surface area contributed by atoms with Gasteiger partial charge in [0, 0.05) is 18.5 Å². The van der Waals surface area contributed by atoms with Gasteiger partial charge in [-0.15, -0.1) is 0 Å². The highest BCUT2D eigenvalue weighted by atomic mass is 16.2. The summed E-state index contributed by atoms with van der Waals surface area (Å²) in [7, 11) is 0. The standard InChI is InChI=1S/C22H29N3O4/c1-2-3-9-19(25-20(27)11-10-16-7-5-4-6-8-16)22(29)24-18(15-26)14-17-12-13-23-21(17)28/h4-8,10-11,15,17-19H,2-3,9,12-14H2,1H3,(H,23,28)(H,24,29)(H,25,27)/b11-10+/t17-,18-,19-/m0/s1. The summed E-state index contributed by atoms with van der Waals surface area (Å²) in [5, 5.41) is 8.12. The molecule has 29 heavy (non-hydrogen) atoms. The number of carbonyl (C=O) groups is 4. The molecule has 156 valence electrons. The molecular weight excluding hydrogens is 370 g/mol. The lowest BCUT2D eigenvalue weighted by molar-refractivity contribution is -0.129. The Morgan fingerprint density at radius 2 is 2.00 bits per heavy atom. The van der Waals surface area contributed by atoms with Crippen LogP contribution in [-0.2, 0) is 19.2 Å². The molecule has 1 aliphatic heterocycles. The molecular formula is C22H29N3O4. The molecule has 1 heterocycles. The molecule has 0 aromatic heterocycles. The van der Waals surface area contributed by atoms with Crippen molar-refractivity contribution in [3.8, 4) is 0 Å². The van der Waals surface area contributed by atoms with Crippen LogP contribution in [0.1, 0.15) is 44.6 Å². The number of unbranched alkanes of at least 4 members (excludes halogenated alkanes) is 1. The first kappa shape index (κ1) is 22.3. The summed E-state index contributed by atoms with van der Waals surface area (Å²) in [5.41, 5.74) is 0.882. The van der Waals surface area contributed by atoms with Crippen molar-refractivity contribution >= 4 is 30.1 Å². The van der Waals surface area contributed by atoms with Gasteiger partial charge >= 0.3 is 0 Å². The molecule has 7 nitrogen and oxygen atoms in total. The summed E-state index contributed by atoms with van der Waals surface area (Å²) in [4.78, 5) is 48.1. The van der Waals surface area contributed by atoms with Crippen molar-refractivity contribution in [2.45, 2.75) is 51.1 Å². The van der Waals surface area contributed by atoms with Gasteiger partial charge in [0.15, 0.2) is 0 Å². The van der Waals surface area contributed by atoms with E-state index in [2.05, 4.69) is 16.0 Å². The molecule has 0 spiro atoms. The molecule has 2 rings (SSSR count). The van der Waals surface area contributed by atoms with Crippen molar-refractivity contribution < 1.29 is 19.2 Å². The van der Waals surface area contributed by atoms with E-state index in [1.807, 2.05) is 37.3 Å². The van der Waals surface area contributed by atoms with Crippen molar-refractivity contribution in [2.75, 3.05) is 6.54 Å². The number of hydrogen-bond donors (Lipinski definition) is 3. The molecule has 7 heteroatoms. The average molecular weight is 399 g/mol. The van der Waals surface area contributed by atoms with Gasteiger partial charge in [0.2, 0.25) is 17.7 Å². The van der Waals surface area contributed by atoms with Gasteiger partial charge in [-0.1, -0.05) is 50.1 Å². The van der Waals surface area contributed by atoms with Gasteiger partial charge in [0.1, 0.15) is 12.3 Å². The van der Waals surface area contributed by atoms with Gasteiger partial charge in [-0.25, -0.2) is 0 Å². The number of aldehydes is 1. The Morgan fingerprint density at radius 3 is 2.62 bits per heavy atom. The summed E-state index contributed by atoms with van der Waals surface area (Å²) in [6.45, 7) is 2.59. The second-order valence-corrected chi connectivity index (χ2v) is 7.21. The van der Waals surface area contributed by atoms with Crippen LogP contribution in [0.3, 0.4) is 0 Å². The van der Waals surface area contributed by atoms with Gasteiger partial charge in [0.05, 0.1) is 6.04 Å². The molecule has 0 saturated carbocycles. The zero-order valence-electron chi connectivity index (χ0n) is 16.7. The highest BCUT2D eigenvalue weighted by molar-refractivity contribution is 5.96. The zero-order valence-corrected chi connectivity index (χ0v) is 16.7. The van der Waals surface area contributed by atoms with E-state index in [1.54, 1.807) is 6.08 Å². The lowest BCUT2D eigenvalue weighted by Crippen LogP contribution is -2.50. The van der Waals surface area contributed by atoms with Crippen molar-refractivity contribution in [3.05, 3.63) is 42.0 Å². The maximum Gasteiger partial charge on any atom is 0.244 e. The van der Waals surface area contributed by atoms with Crippen molar-refractivity contribution in [3.63, 3.8) is 0 Å². The summed E-state index contributed by atoms with van der Waals surface area (Å²) in [5.74, 6) is -1.14. The number of rotatable bonds is 11. The van der Waals surface area contributed by atoms with Gasteiger partial charge in [-0.2, -0.15) is 0 Å². The van der Waals surface area contributed by atoms with E-state index in [0.717, 1.165) is 18.4 Å². The normalized spacial score (nSPS) is 18.1. The lowest BCUT2D eigenvalue weighted by atomic mass is 9.98. The van der Waals surface area contributed by atoms with Gasteiger partial charge in [-0.3, -0.25) is 14.4 Å². The fourth-order valence-corrected chi connectivity index (χ4v) is 3.24. The second-order valence-electron chi connectivity index (χ2n) is 7.21. The van der Waals surface area contributed by atoms with E-state index >= 15 is 0 Å².